The van der Waals surface area contributed by atoms with E-state index in [4.69, 9.17) is 5.73 Å². The van der Waals surface area contributed by atoms with Gasteiger partial charge in [-0.05, 0) is 44.2 Å². The van der Waals surface area contributed by atoms with Gasteiger partial charge in [-0.3, -0.25) is 9.78 Å². The van der Waals surface area contributed by atoms with Crippen molar-refractivity contribution in [3.05, 3.63) is 53.9 Å². The van der Waals surface area contributed by atoms with E-state index in [-0.39, 0.29) is 11.9 Å². The zero-order valence-corrected chi connectivity index (χ0v) is 12.3. The van der Waals surface area contributed by atoms with Gasteiger partial charge >= 0.3 is 0 Å². The van der Waals surface area contributed by atoms with Gasteiger partial charge in [0.25, 0.3) is 5.91 Å². The van der Waals surface area contributed by atoms with Crippen LogP contribution in [0.5, 0.6) is 0 Å². The Kier molecular flexibility index (Phi) is 4.77. The molecular weight excluding hydrogens is 264 g/mol. The molecule has 0 fully saturated rings. The smallest absolute Gasteiger partial charge is 0.251 e. The number of nitrogens with two attached hydrogens (primary N) is 1. The molecule has 1 unspecified atom stereocenters. The van der Waals surface area contributed by atoms with Crippen molar-refractivity contribution >= 4 is 17.3 Å². The summed E-state index contributed by atoms with van der Waals surface area (Å²) in [4.78, 5) is 16.1. The minimum absolute atomic E-state index is 0.0313. The molecule has 21 heavy (non-hydrogen) atoms. The molecular formula is C16H20N4O. The predicted octanol–water partition coefficient (Wildman–Crippen LogP) is 2.59. The molecule has 4 N–H and O–H groups in total. The van der Waals surface area contributed by atoms with E-state index in [9.17, 15) is 4.79 Å². The molecule has 5 nitrogen and oxygen atoms in total. The molecule has 0 saturated carbocycles. The Morgan fingerprint density at radius 1 is 1.33 bits per heavy atom. The Labute approximate surface area is 124 Å². The molecule has 0 aliphatic carbocycles. The first-order valence-electron chi connectivity index (χ1n) is 6.97. The van der Waals surface area contributed by atoms with Crippen molar-refractivity contribution in [3.8, 4) is 0 Å². The van der Waals surface area contributed by atoms with E-state index >= 15 is 0 Å². The summed E-state index contributed by atoms with van der Waals surface area (Å²) in [7, 11) is 0. The van der Waals surface area contributed by atoms with Crippen molar-refractivity contribution < 1.29 is 4.79 Å². The molecule has 0 radical (unpaired) electrons. The van der Waals surface area contributed by atoms with E-state index < -0.39 is 0 Å². The van der Waals surface area contributed by atoms with Gasteiger partial charge in [-0.2, -0.15) is 0 Å². The Morgan fingerprint density at radius 3 is 2.76 bits per heavy atom. The van der Waals surface area contributed by atoms with Crippen molar-refractivity contribution in [2.45, 2.75) is 19.9 Å². The number of aromatic nitrogens is 1. The maximum absolute atomic E-state index is 11.8. The van der Waals surface area contributed by atoms with E-state index in [1.807, 2.05) is 38.1 Å². The van der Waals surface area contributed by atoms with Crippen LogP contribution in [0.2, 0.25) is 0 Å². The molecule has 0 bridgehead atoms. The number of pyridine rings is 1. The quantitative estimate of drug-likeness (QED) is 0.737. The molecule has 5 heteroatoms. The summed E-state index contributed by atoms with van der Waals surface area (Å²) < 4.78 is 0. The second kappa shape index (κ2) is 6.74. The Hall–Kier alpha value is -2.56. The second-order valence-electron chi connectivity index (χ2n) is 4.78. The lowest BCUT2D eigenvalue weighted by Crippen LogP contribution is -2.22. The molecule has 110 valence electrons. The fourth-order valence-corrected chi connectivity index (χ4v) is 2.04. The average molecular weight is 284 g/mol. The highest BCUT2D eigenvalue weighted by molar-refractivity contribution is 5.96. The first kappa shape index (κ1) is 14.8. The van der Waals surface area contributed by atoms with Crippen LogP contribution in [0.4, 0.5) is 11.4 Å². The van der Waals surface area contributed by atoms with Gasteiger partial charge in [0, 0.05) is 18.3 Å². The number of nitrogen functional groups attached to an aromatic ring is 1. The Morgan fingerprint density at radius 2 is 2.14 bits per heavy atom. The first-order valence-corrected chi connectivity index (χ1v) is 6.97. The fraction of sp³-hybridized carbons (Fsp3) is 0.250. The van der Waals surface area contributed by atoms with Crippen LogP contribution in [-0.4, -0.2) is 17.4 Å². The van der Waals surface area contributed by atoms with E-state index in [2.05, 4.69) is 15.6 Å². The topological polar surface area (TPSA) is 80.0 Å². The number of rotatable bonds is 5. The van der Waals surface area contributed by atoms with Crippen molar-refractivity contribution in [1.82, 2.24) is 10.3 Å². The van der Waals surface area contributed by atoms with E-state index in [0.717, 1.165) is 11.4 Å². The number of benzene rings is 1. The zero-order valence-electron chi connectivity index (χ0n) is 12.3. The minimum Gasteiger partial charge on any atom is -0.397 e. The summed E-state index contributed by atoms with van der Waals surface area (Å²) >= 11 is 0. The summed E-state index contributed by atoms with van der Waals surface area (Å²) in [6.07, 6.45) is 1.76. The molecule has 1 aromatic heterocycles. The number of hydrogen-bond acceptors (Lipinski definition) is 4. The van der Waals surface area contributed by atoms with Crippen LogP contribution in [0.25, 0.3) is 0 Å². The highest BCUT2D eigenvalue weighted by Crippen LogP contribution is 2.24. The first-order chi connectivity index (χ1) is 10.1. The van der Waals surface area contributed by atoms with Crippen LogP contribution in [0.3, 0.4) is 0 Å². The number of amides is 1. The molecule has 1 aromatic carbocycles. The number of carbonyl (C=O) groups is 1. The number of nitrogens with zero attached hydrogens (tertiary/aromatic N) is 1. The summed E-state index contributed by atoms with van der Waals surface area (Å²) in [6, 6.07) is 11.1. The maximum atomic E-state index is 11.8. The van der Waals surface area contributed by atoms with Gasteiger partial charge in [0.05, 0.1) is 23.1 Å². The number of carbonyl (C=O) groups excluding carboxylic acids is 1. The fourth-order valence-electron chi connectivity index (χ4n) is 2.04. The summed E-state index contributed by atoms with van der Waals surface area (Å²) in [5.41, 5.74) is 8.85. The molecule has 1 amide bonds. The largest absolute Gasteiger partial charge is 0.397 e. The van der Waals surface area contributed by atoms with Crippen LogP contribution in [0, 0.1) is 0 Å². The molecule has 2 aromatic rings. The lowest BCUT2D eigenvalue weighted by molar-refractivity contribution is 0.0956. The normalized spacial score (nSPS) is 11.7. The van der Waals surface area contributed by atoms with E-state index in [0.29, 0.717) is 17.8 Å². The number of nitrogens with one attached hydrogen (secondary N) is 2. The van der Waals surface area contributed by atoms with Crippen LogP contribution in [0.15, 0.2) is 42.6 Å². The van der Waals surface area contributed by atoms with Gasteiger partial charge in [0.1, 0.15) is 0 Å². The maximum Gasteiger partial charge on any atom is 0.251 e. The van der Waals surface area contributed by atoms with Crippen LogP contribution in [0.1, 0.15) is 35.9 Å². The van der Waals surface area contributed by atoms with Gasteiger partial charge in [0.2, 0.25) is 0 Å². The van der Waals surface area contributed by atoms with Crippen LogP contribution in [-0.2, 0) is 0 Å². The van der Waals surface area contributed by atoms with Crippen molar-refractivity contribution in [2.24, 2.45) is 0 Å². The standard InChI is InChI=1S/C16H20N4O/c1-3-18-16(21)12-7-8-15(13(17)10-12)20-11(2)14-6-4-5-9-19-14/h4-11,20H,3,17H2,1-2H3,(H,18,21). The third-order valence-corrected chi connectivity index (χ3v) is 3.15. The molecule has 0 aliphatic rings. The third-order valence-electron chi connectivity index (χ3n) is 3.15. The van der Waals surface area contributed by atoms with Gasteiger partial charge < -0.3 is 16.4 Å². The zero-order chi connectivity index (χ0) is 15.2. The highest BCUT2D eigenvalue weighted by Gasteiger charge is 2.10. The minimum atomic E-state index is -0.117. The van der Waals surface area contributed by atoms with Gasteiger partial charge in [-0.1, -0.05) is 6.07 Å². The van der Waals surface area contributed by atoms with Crippen LogP contribution < -0.4 is 16.4 Å². The van der Waals surface area contributed by atoms with E-state index in [1.165, 1.54) is 0 Å². The Balaban J connectivity index is 2.13. The lowest BCUT2D eigenvalue weighted by atomic mass is 10.1. The molecule has 0 spiro atoms. The lowest BCUT2D eigenvalue weighted by Gasteiger charge is -2.17. The summed E-state index contributed by atoms with van der Waals surface area (Å²) in [5, 5.41) is 6.06. The van der Waals surface area contributed by atoms with Gasteiger partial charge in [0.15, 0.2) is 0 Å². The third kappa shape index (κ3) is 3.72. The Bertz CT molecular complexity index is 613. The monoisotopic (exact) mass is 284 g/mol. The summed E-state index contributed by atoms with van der Waals surface area (Å²) in [5.74, 6) is -0.117. The van der Waals surface area contributed by atoms with Crippen LogP contribution >= 0.6 is 0 Å². The average Bonchev–Trinajstić information content (AvgIpc) is 2.50. The summed E-state index contributed by atoms with van der Waals surface area (Å²) in [6.45, 7) is 4.49. The second-order valence-corrected chi connectivity index (χ2v) is 4.78. The number of hydrogen-bond donors (Lipinski definition) is 3. The van der Waals surface area contributed by atoms with E-state index in [1.54, 1.807) is 18.3 Å². The number of anilines is 2. The van der Waals surface area contributed by atoms with Crippen molar-refractivity contribution in [3.63, 3.8) is 0 Å². The SMILES string of the molecule is CCNC(=O)c1ccc(NC(C)c2ccccn2)c(N)c1. The molecule has 0 saturated heterocycles. The molecule has 0 aliphatic heterocycles. The van der Waals surface area contributed by atoms with Gasteiger partial charge in [-0.15, -0.1) is 0 Å². The van der Waals surface area contributed by atoms with Crippen molar-refractivity contribution in [2.75, 3.05) is 17.6 Å². The van der Waals surface area contributed by atoms with Crippen molar-refractivity contribution in [1.29, 1.82) is 0 Å². The predicted molar refractivity (Wildman–Crippen MR) is 85.1 cm³/mol. The molecule has 2 rings (SSSR count). The molecule has 1 atom stereocenters. The van der Waals surface area contributed by atoms with Gasteiger partial charge in [-0.25, -0.2) is 0 Å². The highest BCUT2D eigenvalue weighted by atomic mass is 16.1. The molecule has 1 heterocycles.